The Bertz CT molecular complexity index is 684. The molecule has 0 amide bonds. The molecule has 0 saturated carbocycles. The van der Waals surface area contributed by atoms with Crippen molar-refractivity contribution in [1.29, 1.82) is 0 Å². The van der Waals surface area contributed by atoms with Crippen molar-refractivity contribution < 1.29 is 0 Å². The van der Waals surface area contributed by atoms with E-state index >= 15 is 0 Å². The summed E-state index contributed by atoms with van der Waals surface area (Å²) in [4.78, 5) is 0. The monoisotopic (exact) mass is 253 g/mol. The highest BCUT2D eigenvalue weighted by Crippen LogP contribution is 2.18. The first-order chi connectivity index (χ1) is 9.33. The van der Waals surface area contributed by atoms with Gasteiger partial charge in [-0.3, -0.25) is 4.68 Å². The molecule has 1 aromatic carbocycles. The fourth-order valence-corrected chi connectivity index (χ4v) is 2.06. The zero-order chi connectivity index (χ0) is 13.1. The molecule has 3 aromatic rings. The Labute approximate surface area is 111 Å². The van der Waals surface area contributed by atoms with E-state index in [1.165, 1.54) is 0 Å². The Balaban J connectivity index is 1.71. The number of aromatic nitrogens is 4. The van der Waals surface area contributed by atoms with Crippen LogP contribution < -0.4 is 5.32 Å². The van der Waals surface area contributed by atoms with Crippen LogP contribution in [-0.4, -0.2) is 26.5 Å². The van der Waals surface area contributed by atoms with Gasteiger partial charge in [0.2, 0.25) is 0 Å². The Morgan fingerprint density at radius 3 is 2.95 bits per heavy atom. The van der Waals surface area contributed by atoms with Crippen LogP contribution in [0.2, 0.25) is 0 Å². The summed E-state index contributed by atoms with van der Waals surface area (Å²) in [5.74, 6) is 0.828. The second-order valence-corrected chi connectivity index (χ2v) is 4.44. The van der Waals surface area contributed by atoms with Crippen LogP contribution in [0.15, 0.2) is 42.7 Å². The molecule has 2 heterocycles. The van der Waals surface area contributed by atoms with E-state index in [0.29, 0.717) is 0 Å². The number of rotatable bonds is 4. The molecule has 0 bridgehead atoms. The molecule has 0 spiro atoms. The minimum Gasteiger partial charge on any atom is -0.368 e. The average Bonchev–Trinajstić information content (AvgIpc) is 2.85. The summed E-state index contributed by atoms with van der Waals surface area (Å²) in [7, 11) is 1.92. The second kappa shape index (κ2) is 5.06. The van der Waals surface area contributed by atoms with Crippen LogP contribution in [0.3, 0.4) is 0 Å². The molecule has 0 unspecified atom stereocenters. The molecule has 19 heavy (non-hydrogen) atoms. The summed E-state index contributed by atoms with van der Waals surface area (Å²) < 4.78 is 1.81. The van der Waals surface area contributed by atoms with E-state index in [-0.39, 0.29) is 0 Å². The summed E-state index contributed by atoms with van der Waals surface area (Å²) in [6.45, 7) is 0.791. The highest BCUT2D eigenvalue weighted by Gasteiger charge is 2.02. The first-order valence-corrected chi connectivity index (χ1v) is 6.26. The summed E-state index contributed by atoms with van der Waals surface area (Å²) >= 11 is 0. The number of fused-ring (bicyclic) bond motifs is 1. The molecule has 1 N–H and O–H groups in total. The third kappa shape index (κ3) is 2.54. The molecule has 0 aliphatic rings. The minimum absolute atomic E-state index is 0.791. The average molecular weight is 253 g/mol. The van der Waals surface area contributed by atoms with Crippen LogP contribution in [0.4, 0.5) is 5.82 Å². The lowest BCUT2D eigenvalue weighted by atomic mass is 10.2. The Hall–Kier alpha value is -2.43. The quantitative estimate of drug-likeness (QED) is 0.773. The molecule has 0 aliphatic carbocycles. The topological polar surface area (TPSA) is 55.6 Å². The van der Waals surface area contributed by atoms with Gasteiger partial charge in [0.25, 0.3) is 0 Å². The predicted octanol–water partition coefficient (Wildman–Crippen LogP) is 2.02. The number of anilines is 1. The molecule has 5 heteroatoms. The van der Waals surface area contributed by atoms with Crippen molar-refractivity contribution in [1.82, 2.24) is 20.0 Å². The van der Waals surface area contributed by atoms with Crippen molar-refractivity contribution in [3.8, 4) is 0 Å². The molecule has 0 saturated heterocycles. The Morgan fingerprint density at radius 1 is 1.21 bits per heavy atom. The maximum absolute atomic E-state index is 4.34. The third-order valence-corrected chi connectivity index (χ3v) is 3.01. The first-order valence-electron chi connectivity index (χ1n) is 6.26. The number of hydrogen-bond donors (Lipinski definition) is 1. The predicted molar refractivity (Wildman–Crippen MR) is 74.9 cm³/mol. The summed E-state index contributed by atoms with van der Waals surface area (Å²) in [6.07, 6.45) is 4.60. The summed E-state index contributed by atoms with van der Waals surface area (Å²) in [6, 6.07) is 10.1. The van der Waals surface area contributed by atoms with E-state index in [2.05, 4.69) is 20.6 Å². The Morgan fingerprint density at radius 2 is 2.11 bits per heavy atom. The van der Waals surface area contributed by atoms with Crippen LogP contribution in [0.1, 0.15) is 5.69 Å². The van der Waals surface area contributed by atoms with Gasteiger partial charge in [0.15, 0.2) is 5.82 Å². The van der Waals surface area contributed by atoms with Crippen molar-refractivity contribution in [3.63, 3.8) is 0 Å². The molecule has 5 nitrogen and oxygen atoms in total. The van der Waals surface area contributed by atoms with Gasteiger partial charge in [-0.05, 0) is 6.07 Å². The van der Waals surface area contributed by atoms with Crippen molar-refractivity contribution >= 4 is 16.6 Å². The standard InChI is InChI=1S/C14H15N5/c1-19-9-7-12(18-19)6-8-15-14-13-5-3-2-4-11(13)10-16-17-14/h2-5,7,9-10H,6,8H2,1H3,(H,15,17). The van der Waals surface area contributed by atoms with Crippen LogP contribution >= 0.6 is 0 Å². The molecule has 2 aromatic heterocycles. The zero-order valence-corrected chi connectivity index (χ0v) is 10.7. The lowest BCUT2D eigenvalue weighted by molar-refractivity contribution is 0.741. The summed E-state index contributed by atoms with van der Waals surface area (Å²) in [5, 5.41) is 18.0. The first kappa shape index (κ1) is 11.6. The van der Waals surface area contributed by atoms with Crippen LogP contribution in [0, 0.1) is 0 Å². The lowest BCUT2D eigenvalue weighted by Gasteiger charge is -2.06. The van der Waals surface area contributed by atoms with Gasteiger partial charge in [0, 0.05) is 37.0 Å². The van der Waals surface area contributed by atoms with Gasteiger partial charge in [-0.25, -0.2) is 0 Å². The maximum Gasteiger partial charge on any atom is 0.156 e. The maximum atomic E-state index is 4.34. The van der Waals surface area contributed by atoms with E-state index in [1.54, 1.807) is 6.20 Å². The van der Waals surface area contributed by atoms with Crippen LogP contribution in [0.25, 0.3) is 10.8 Å². The molecule has 96 valence electrons. The van der Waals surface area contributed by atoms with Crippen molar-refractivity contribution in [2.75, 3.05) is 11.9 Å². The number of nitrogens with one attached hydrogen (secondary N) is 1. The van der Waals surface area contributed by atoms with E-state index < -0.39 is 0 Å². The van der Waals surface area contributed by atoms with Gasteiger partial charge in [-0.2, -0.15) is 10.2 Å². The van der Waals surface area contributed by atoms with E-state index in [4.69, 9.17) is 0 Å². The van der Waals surface area contributed by atoms with E-state index in [0.717, 1.165) is 35.2 Å². The lowest BCUT2D eigenvalue weighted by Crippen LogP contribution is -2.08. The highest BCUT2D eigenvalue weighted by atomic mass is 15.2. The number of aryl methyl sites for hydroxylation is 1. The second-order valence-electron chi connectivity index (χ2n) is 4.44. The minimum atomic E-state index is 0.791. The van der Waals surface area contributed by atoms with Crippen molar-refractivity contribution in [2.24, 2.45) is 7.05 Å². The van der Waals surface area contributed by atoms with Gasteiger partial charge < -0.3 is 5.32 Å². The number of hydrogen-bond acceptors (Lipinski definition) is 4. The van der Waals surface area contributed by atoms with E-state index in [9.17, 15) is 0 Å². The highest BCUT2D eigenvalue weighted by molar-refractivity contribution is 5.90. The largest absolute Gasteiger partial charge is 0.368 e. The molecule has 0 fully saturated rings. The van der Waals surface area contributed by atoms with Crippen LogP contribution in [0.5, 0.6) is 0 Å². The van der Waals surface area contributed by atoms with Crippen LogP contribution in [-0.2, 0) is 13.5 Å². The fourth-order valence-electron chi connectivity index (χ4n) is 2.06. The molecular formula is C14H15N5. The summed E-state index contributed by atoms with van der Waals surface area (Å²) in [5.41, 5.74) is 1.07. The fraction of sp³-hybridized carbons (Fsp3) is 0.214. The molecule has 3 rings (SSSR count). The zero-order valence-electron chi connectivity index (χ0n) is 10.7. The van der Waals surface area contributed by atoms with Crippen molar-refractivity contribution in [2.45, 2.75) is 6.42 Å². The number of nitrogens with zero attached hydrogens (tertiary/aromatic N) is 4. The number of benzene rings is 1. The van der Waals surface area contributed by atoms with Gasteiger partial charge in [0.05, 0.1) is 11.9 Å². The van der Waals surface area contributed by atoms with Gasteiger partial charge in [-0.1, -0.05) is 24.3 Å². The van der Waals surface area contributed by atoms with Gasteiger partial charge in [-0.15, -0.1) is 5.10 Å². The third-order valence-electron chi connectivity index (χ3n) is 3.01. The molecule has 0 atom stereocenters. The molecule has 0 radical (unpaired) electrons. The van der Waals surface area contributed by atoms with Gasteiger partial charge >= 0.3 is 0 Å². The smallest absolute Gasteiger partial charge is 0.156 e. The van der Waals surface area contributed by atoms with Gasteiger partial charge in [0.1, 0.15) is 0 Å². The molecular weight excluding hydrogens is 238 g/mol. The molecule has 0 aliphatic heterocycles. The SMILES string of the molecule is Cn1ccc(CCNc2nncc3ccccc23)n1. The Kier molecular flexibility index (Phi) is 3.10. The van der Waals surface area contributed by atoms with E-state index in [1.807, 2.05) is 48.3 Å². The van der Waals surface area contributed by atoms with Crippen molar-refractivity contribution in [3.05, 3.63) is 48.4 Å². The normalized spacial score (nSPS) is 10.8.